The van der Waals surface area contributed by atoms with Gasteiger partial charge < -0.3 is 10.5 Å². The molecule has 0 bridgehead atoms. The van der Waals surface area contributed by atoms with E-state index in [0.717, 1.165) is 22.8 Å². The summed E-state index contributed by atoms with van der Waals surface area (Å²) < 4.78 is 30.5. The Hall–Kier alpha value is -3.77. The van der Waals surface area contributed by atoms with Gasteiger partial charge in [0, 0.05) is 23.7 Å². The third-order valence-corrected chi connectivity index (χ3v) is 5.46. The molecule has 162 valence electrons. The predicted molar refractivity (Wildman–Crippen MR) is 123 cm³/mol. The first-order valence-corrected chi connectivity index (χ1v) is 10.3. The van der Waals surface area contributed by atoms with Crippen molar-refractivity contribution in [1.29, 1.82) is 0 Å². The molecule has 0 unspecified atom stereocenters. The molecule has 32 heavy (non-hydrogen) atoms. The smallest absolute Gasteiger partial charge is 0.328 e. The first-order valence-electron chi connectivity index (χ1n) is 10.3. The standard InChI is InChI=1S/C26H22F2N2O2/c1-2-19(17-6-4-3-5-7-17)24(18-11-8-16(9-12-18)10-13-23(31)32)20-14-22(27)26-21(25(20)28)15-29-30-26/h3-14,29-30H,2,15H2,1H3,(H,31,32)/b13-10+,24-19+. The fraction of sp³-hybridized carbons (Fsp3) is 0.115. The molecule has 1 heterocycles. The lowest BCUT2D eigenvalue weighted by molar-refractivity contribution is -0.131. The maximum absolute atomic E-state index is 15.6. The van der Waals surface area contributed by atoms with Crippen molar-refractivity contribution in [2.24, 2.45) is 0 Å². The Morgan fingerprint density at radius 2 is 1.78 bits per heavy atom. The number of fused-ring (bicyclic) bond motifs is 1. The van der Waals surface area contributed by atoms with Crippen molar-refractivity contribution in [2.75, 3.05) is 5.43 Å². The van der Waals surface area contributed by atoms with Crippen LogP contribution in [-0.2, 0) is 11.3 Å². The number of benzene rings is 3. The second-order valence-corrected chi connectivity index (χ2v) is 7.42. The molecular weight excluding hydrogens is 410 g/mol. The average Bonchev–Trinajstić information content (AvgIpc) is 3.31. The Balaban J connectivity index is 1.94. The minimum absolute atomic E-state index is 0.137. The van der Waals surface area contributed by atoms with Gasteiger partial charge in [-0.05, 0) is 46.4 Å². The zero-order chi connectivity index (χ0) is 22.7. The Kier molecular flexibility index (Phi) is 6.14. The molecule has 4 rings (SSSR count). The summed E-state index contributed by atoms with van der Waals surface area (Å²) >= 11 is 0. The topological polar surface area (TPSA) is 61.4 Å². The van der Waals surface area contributed by atoms with Crippen LogP contribution in [0.2, 0.25) is 0 Å². The Bertz CT molecular complexity index is 1220. The van der Waals surface area contributed by atoms with Gasteiger partial charge in [-0.3, -0.25) is 0 Å². The molecule has 0 aliphatic carbocycles. The van der Waals surface area contributed by atoms with Crippen LogP contribution < -0.4 is 10.9 Å². The zero-order valence-corrected chi connectivity index (χ0v) is 17.5. The van der Waals surface area contributed by atoms with E-state index in [2.05, 4.69) is 10.9 Å². The summed E-state index contributed by atoms with van der Waals surface area (Å²) in [4.78, 5) is 10.8. The third-order valence-electron chi connectivity index (χ3n) is 5.46. The first kappa shape index (κ1) is 21.5. The molecule has 0 saturated heterocycles. The molecule has 0 amide bonds. The van der Waals surface area contributed by atoms with Crippen LogP contribution in [0.15, 0.2) is 66.7 Å². The molecule has 1 aliphatic heterocycles. The zero-order valence-electron chi connectivity index (χ0n) is 17.5. The van der Waals surface area contributed by atoms with Crippen LogP contribution in [0.1, 0.15) is 41.2 Å². The number of anilines is 1. The van der Waals surface area contributed by atoms with Crippen molar-refractivity contribution < 1.29 is 18.7 Å². The lowest BCUT2D eigenvalue weighted by atomic mass is 9.86. The second kappa shape index (κ2) is 9.16. The van der Waals surface area contributed by atoms with Gasteiger partial charge in [-0.2, -0.15) is 0 Å². The lowest BCUT2D eigenvalue weighted by Gasteiger charge is -2.18. The monoisotopic (exact) mass is 432 g/mol. The van der Waals surface area contributed by atoms with Crippen molar-refractivity contribution in [3.63, 3.8) is 0 Å². The number of allylic oxidation sites excluding steroid dienone is 1. The van der Waals surface area contributed by atoms with E-state index in [1.54, 1.807) is 24.3 Å². The number of hydrogen-bond donors (Lipinski definition) is 3. The van der Waals surface area contributed by atoms with E-state index in [1.807, 2.05) is 37.3 Å². The molecule has 6 heteroatoms. The number of carbonyl (C=O) groups is 1. The molecule has 1 aliphatic rings. The third kappa shape index (κ3) is 4.18. The summed E-state index contributed by atoms with van der Waals surface area (Å²) in [6.07, 6.45) is 3.15. The van der Waals surface area contributed by atoms with E-state index >= 15 is 4.39 Å². The molecule has 3 aromatic rings. The highest BCUT2D eigenvalue weighted by Gasteiger charge is 2.25. The normalized spacial score (nSPS) is 13.6. The number of aliphatic carboxylic acids is 1. The molecular formula is C26H22F2N2O2. The van der Waals surface area contributed by atoms with Gasteiger partial charge in [-0.25, -0.2) is 19.0 Å². The Labute approximate surface area is 184 Å². The summed E-state index contributed by atoms with van der Waals surface area (Å²) in [7, 11) is 0. The average molecular weight is 432 g/mol. The van der Waals surface area contributed by atoms with Crippen LogP contribution in [0.3, 0.4) is 0 Å². The predicted octanol–water partition coefficient (Wildman–Crippen LogP) is 5.86. The van der Waals surface area contributed by atoms with Crippen molar-refractivity contribution in [3.05, 3.63) is 106 Å². The molecule has 0 aromatic heterocycles. The highest BCUT2D eigenvalue weighted by atomic mass is 19.1. The maximum atomic E-state index is 15.6. The summed E-state index contributed by atoms with van der Waals surface area (Å²) in [5.74, 6) is -2.03. The van der Waals surface area contributed by atoms with E-state index in [0.29, 0.717) is 17.6 Å². The summed E-state index contributed by atoms with van der Waals surface area (Å²) in [5, 5.41) is 8.85. The number of halogens is 2. The number of rotatable bonds is 6. The highest BCUT2D eigenvalue weighted by Crippen LogP contribution is 2.39. The molecule has 3 aromatic carbocycles. The second-order valence-electron chi connectivity index (χ2n) is 7.42. The van der Waals surface area contributed by atoms with E-state index < -0.39 is 17.6 Å². The Morgan fingerprint density at radius 3 is 2.44 bits per heavy atom. The highest BCUT2D eigenvalue weighted by molar-refractivity contribution is 5.99. The molecule has 0 saturated carbocycles. The van der Waals surface area contributed by atoms with Gasteiger partial charge >= 0.3 is 5.97 Å². The fourth-order valence-corrected chi connectivity index (χ4v) is 3.97. The maximum Gasteiger partial charge on any atom is 0.328 e. The van der Waals surface area contributed by atoms with Crippen LogP contribution in [-0.4, -0.2) is 11.1 Å². The van der Waals surface area contributed by atoms with Crippen molar-refractivity contribution >= 4 is 28.9 Å². The van der Waals surface area contributed by atoms with Gasteiger partial charge in [0.15, 0.2) is 0 Å². The lowest BCUT2D eigenvalue weighted by Crippen LogP contribution is -2.11. The van der Waals surface area contributed by atoms with Crippen LogP contribution >= 0.6 is 0 Å². The minimum atomic E-state index is -1.04. The van der Waals surface area contributed by atoms with Gasteiger partial charge in [-0.15, -0.1) is 0 Å². The van der Waals surface area contributed by atoms with Crippen molar-refractivity contribution in [2.45, 2.75) is 19.9 Å². The van der Waals surface area contributed by atoms with E-state index in [-0.39, 0.29) is 23.4 Å². The van der Waals surface area contributed by atoms with Gasteiger partial charge in [0.1, 0.15) is 11.6 Å². The first-order chi connectivity index (χ1) is 15.5. The van der Waals surface area contributed by atoms with E-state index in [4.69, 9.17) is 5.11 Å². The van der Waals surface area contributed by atoms with Crippen LogP contribution in [0.4, 0.5) is 14.5 Å². The van der Waals surface area contributed by atoms with Crippen molar-refractivity contribution in [1.82, 2.24) is 5.43 Å². The SMILES string of the molecule is CC/C(=C(/c1ccc(/C=C/C(=O)O)cc1)c1cc(F)c2c(c1F)CNN2)c1ccccc1. The molecule has 3 N–H and O–H groups in total. The number of carboxylic acids is 1. The molecule has 0 fully saturated rings. The van der Waals surface area contributed by atoms with Crippen molar-refractivity contribution in [3.8, 4) is 0 Å². The van der Waals surface area contributed by atoms with Gasteiger partial charge in [0.05, 0.1) is 5.69 Å². The number of hydrazine groups is 1. The number of nitrogens with one attached hydrogen (secondary N) is 2. The molecule has 0 spiro atoms. The van der Waals surface area contributed by atoms with Gasteiger partial charge in [0.2, 0.25) is 0 Å². The molecule has 4 nitrogen and oxygen atoms in total. The van der Waals surface area contributed by atoms with Gasteiger partial charge in [-0.1, -0.05) is 61.5 Å². The van der Waals surface area contributed by atoms with Crippen LogP contribution in [0.5, 0.6) is 0 Å². The van der Waals surface area contributed by atoms with E-state index in [9.17, 15) is 9.18 Å². The number of hydrogen-bond acceptors (Lipinski definition) is 3. The fourth-order valence-electron chi connectivity index (χ4n) is 3.97. The molecule has 0 atom stereocenters. The summed E-state index contributed by atoms with van der Waals surface area (Å²) in [5.41, 5.74) is 9.90. The van der Waals surface area contributed by atoms with Crippen LogP contribution in [0.25, 0.3) is 17.2 Å². The molecule has 0 radical (unpaired) electrons. The van der Waals surface area contributed by atoms with Gasteiger partial charge in [0.25, 0.3) is 0 Å². The van der Waals surface area contributed by atoms with E-state index in [1.165, 1.54) is 12.1 Å². The minimum Gasteiger partial charge on any atom is -0.478 e. The summed E-state index contributed by atoms with van der Waals surface area (Å²) in [6.45, 7) is 2.17. The summed E-state index contributed by atoms with van der Waals surface area (Å²) in [6, 6.07) is 18.0. The largest absolute Gasteiger partial charge is 0.478 e. The van der Waals surface area contributed by atoms with Crippen LogP contribution in [0, 0.1) is 11.6 Å². The quantitative estimate of drug-likeness (QED) is 0.337. The Morgan fingerprint density at radius 1 is 1.06 bits per heavy atom. The number of carboxylic acid groups (broad SMARTS) is 1.